The molecule has 1 aliphatic rings. The van der Waals surface area contributed by atoms with Crippen molar-refractivity contribution in [2.75, 3.05) is 6.61 Å². The first-order chi connectivity index (χ1) is 4.33. The normalized spacial score (nSPS) is 35.6. The van der Waals surface area contributed by atoms with Gasteiger partial charge in [-0.25, -0.2) is 0 Å². The van der Waals surface area contributed by atoms with E-state index in [1.807, 2.05) is 0 Å². The number of nitriles is 1. The van der Waals surface area contributed by atoms with Gasteiger partial charge in [0, 0.05) is 0 Å². The summed E-state index contributed by atoms with van der Waals surface area (Å²) in [4.78, 5) is 0. The molecule has 0 unspecified atom stereocenters. The first kappa shape index (κ1) is 6.57. The van der Waals surface area contributed by atoms with Crippen LogP contribution in [0.4, 0.5) is 0 Å². The largest absolute Gasteiger partial charge is 0.363 e. The van der Waals surface area contributed by atoms with Crippen LogP contribution in [0.5, 0.6) is 0 Å². The molecule has 2 heteroatoms. The van der Waals surface area contributed by atoms with Crippen LogP contribution in [0.25, 0.3) is 0 Å². The third-order valence-corrected chi connectivity index (χ3v) is 1.65. The van der Waals surface area contributed by atoms with E-state index in [4.69, 9.17) is 10.00 Å². The monoisotopic (exact) mass is 125 g/mol. The Morgan fingerprint density at radius 3 is 2.78 bits per heavy atom. The van der Waals surface area contributed by atoms with Gasteiger partial charge in [0.25, 0.3) is 0 Å². The van der Waals surface area contributed by atoms with Crippen molar-refractivity contribution in [1.82, 2.24) is 0 Å². The summed E-state index contributed by atoms with van der Waals surface area (Å²) in [5.74, 6) is 0.648. The summed E-state index contributed by atoms with van der Waals surface area (Å²) in [6.45, 7) is 2.91. The molecule has 0 aliphatic carbocycles. The number of hydrogen-bond donors (Lipinski definition) is 0. The van der Waals surface area contributed by atoms with Crippen LogP contribution in [0.15, 0.2) is 0 Å². The molecule has 50 valence electrons. The second-order valence-electron chi connectivity index (χ2n) is 2.63. The van der Waals surface area contributed by atoms with E-state index >= 15 is 0 Å². The van der Waals surface area contributed by atoms with Gasteiger partial charge in [-0.2, -0.15) is 5.26 Å². The van der Waals surface area contributed by atoms with Gasteiger partial charge in [0.05, 0.1) is 12.7 Å². The molecule has 0 aromatic heterocycles. The van der Waals surface area contributed by atoms with Crippen molar-refractivity contribution in [2.24, 2.45) is 5.92 Å². The number of rotatable bonds is 0. The molecule has 0 aromatic rings. The minimum absolute atomic E-state index is 0.124. The maximum atomic E-state index is 8.40. The van der Waals surface area contributed by atoms with E-state index in [2.05, 4.69) is 13.0 Å². The molecular formula is C7H11NO. The molecule has 2 atom stereocenters. The third kappa shape index (κ3) is 1.69. The Hall–Kier alpha value is -0.550. The molecule has 9 heavy (non-hydrogen) atoms. The Morgan fingerprint density at radius 1 is 1.56 bits per heavy atom. The average molecular weight is 125 g/mol. The van der Waals surface area contributed by atoms with Gasteiger partial charge in [-0.15, -0.1) is 0 Å². The highest BCUT2D eigenvalue weighted by Crippen LogP contribution is 2.16. The van der Waals surface area contributed by atoms with Gasteiger partial charge in [0.2, 0.25) is 0 Å². The van der Waals surface area contributed by atoms with Crippen molar-refractivity contribution in [1.29, 1.82) is 5.26 Å². The van der Waals surface area contributed by atoms with E-state index < -0.39 is 0 Å². The van der Waals surface area contributed by atoms with E-state index in [1.165, 1.54) is 0 Å². The second-order valence-corrected chi connectivity index (χ2v) is 2.63. The lowest BCUT2D eigenvalue weighted by Crippen LogP contribution is -2.22. The zero-order valence-corrected chi connectivity index (χ0v) is 5.63. The van der Waals surface area contributed by atoms with Crippen LogP contribution in [0.3, 0.4) is 0 Å². The summed E-state index contributed by atoms with van der Waals surface area (Å²) in [6.07, 6.45) is 1.93. The van der Waals surface area contributed by atoms with Gasteiger partial charge in [0.1, 0.15) is 6.10 Å². The van der Waals surface area contributed by atoms with Crippen molar-refractivity contribution in [2.45, 2.75) is 25.9 Å². The van der Waals surface area contributed by atoms with Crippen molar-refractivity contribution in [3.8, 4) is 6.07 Å². The lowest BCUT2D eigenvalue weighted by molar-refractivity contribution is 0.0207. The Morgan fingerprint density at radius 2 is 2.33 bits per heavy atom. The Kier molecular flexibility index (Phi) is 2.07. The quantitative estimate of drug-likeness (QED) is 0.489. The van der Waals surface area contributed by atoms with Crippen LogP contribution in [0, 0.1) is 17.2 Å². The molecule has 0 radical (unpaired) electrons. The van der Waals surface area contributed by atoms with Crippen molar-refractivity contribution in [3.63, 3.8) is 0 Å². The molecule has 0 amide bonds. The smallest absolute Gasteiger partial charge is 0.144 e. The Labute approximate surface area is 55.4 Å². The molecule has 0 spiro atoms. The van der Waals surface area contributed by atoms with Crippen LogP contribution >= 0.6 is 0 Å². The predicted molar refractivity (Wildman–Crippen MR) is 33.8 cm³/mol. The highest BCUT2D eigenvalue weighted by molar-refractivity contribution is 4.86. The van der Waals surface area contributed by atoms with Gasteiger partial charge < -0.3 is 4.74 Å². The predicted octanol–water partition coefficient (Wildman–Crippen LogP) is 1.33. The summed E-state index contributed by atoms with van der Waals surface area (Å²) in [6, 6.07) is 2.10. The van der Waals surface area contributed by atoms with Crippen molar-refractivity contribution >= 4 is 0 Å². The molecule has 2 nitrogen and oxygen atoms in total. The van der Waals surface area contributed by atoms with Crippen LogP contribution < -0.4 is 0 Å². The van der Waals surface area contributed by atoms with Gasteiger partial charge in [0.15, 0.2) is 0 Å². The molecule has 0 N–H and O–H groups in total. The summed E-state index contributed by atoms with van der Waals surface area (Å²) in [7, 11) is 0. The first-order valence-corrected chi connectivity index (χ1v) is 3.34. The Bertz CT molecular complexity index is 119. The summed E-state index contributed by atoms with van der Waals surface area (Å²) >= 11 is 0. The fourth-order valence-electron chi connectivity index (χ4n) is 0.985. The molecule has 1 aliphatic heterocycles. The van der Waals surface area contributed by atoms with E-state index in [0.717, 1.165) is 19.4 Å². The summed E-state index contributed by atoms with van der Waals surface area (Å²) in [5, 5.41) is 8.40. The zero-order chi connectivity index (χ0) is 6.69. The van der Waals surface area contributed by atoms with Gasteiger partial charge >= 0.3 is 0 Å². The summed E-state index contributed by atoms with van der Waals surface area (Å²) < 4.78 is 5.18. The van der Waals surface area contributed by atoms with Gasteiger partial charge in [-0.1, -0.05) is 6.92 Å². The van der Waals surface area contributed by atoms with E-state index in [1.54, 1.807) is 0 Å². The highest BCUT2D eigenvalue weighted by atomic mass is 16.5. The first-order valence-electron chi connectivity index (χ1n) is 3.34. The molecule has 1 rings (SSSR count). The topological polar surface area (TPSA) is 33.0 Å². The number of nitrogens with zero attached hydrogens (tertiary/aromatic N) is 1. The molecule has 0 aromatic carbocycles. The van der Waals surface area contributed by atoms with Gasteiger partial charge in [-0.3, -0.25) is 0 Å². The second kappa shape index (κ2) is 2.84. The maximum Gasteiger partial charge on any atom is 0.144 e. The fraction of sp³-hybridized carbons (Fsp3) is 0.857. The third-order valence-electron chi connectivity index (χ3n) is 1.65. The standard InChI is InChI=1S/C7H11NO/c1-6-2-3-7(4-8)9-5-6/h6-7H,2-3,5H2,1H3/t6-,7+/m0/s1. The highest BCUT2D eigenvalue weighted by Gasteiger charge is 2.16. The van der Waals surface area contributed by atoms with Crippen LogP contribution in [-0.4, -0.2) is 12.7 Å². The average Bonchev–Trinajstić information content (AvgIpc) is 1.90. The fourth-order valence-corrected chi connectivity index (χ4v) is 0.985. The van der Waals surface area contributed by atoms with E-state index in [0.29, 0.717) is 5.92 Å². The molecule has 0 saturated carbocycles. The van der Waals surface area contributed by atoms with Crippen molar-refractivity contribution in [3.05, 3.63) is 0 Å². The minimum atomic E-state index is -0.124. The lowest BCUT2D eigenvalue weighted by atomic mass is 10.0. The Balaban J connectivity index is 2.28. The molecule has 1 fully saturated rings. The molecule has 1 saturated heterocycles. The van der Waals surface area contributed by atoms with Crippen LogP contribution in [0.1, 0.15) is 19.8 Å². The number of hydrogen-bond acceptors (Lipinski definition) is 2. The lowest BCUT2D eigenvalue weighted by Gasteiger charge is -2.21. The molecule has 0 bridgehead atoms. The van der Waals surface area contributed by atoms with E-state index in [-0.39, 0.29) is 6.10 Å². The maximum absolute atomic E-state index is 8.40. The van der Waals surface area contributed by atoms with Gasteiger partial charge in [-0.05, 0) is 18.8 Å². The molecular weight excluding hydrogens is 114 g/mol. The summed E-state index contributed by atoms with van der Waals surface area (Å²) in [5.41, 5.74) is 0. The van der Waals surface area contributed by atoms with E-state index in [9.17, 15) is 0 Å². The SMILES string of the molecule is C[C@H]1CC[C@H](C#N)OC1. The zero-order valence-electron chi connectivity index (χ0n) is 5.63. The van der Waals surface area contributed by atoms with Crippen LogP contribution in [0.2, 0.25) is 0 Å². The molecule has 1 heterocycles. The van der Waals surface area contributed by atoms with Crippen LogP contribution in [-0.2, 0) is 4.74 Å². The van der Waals surface area contributed by atoms with Crippen molar-refractivity contribution < 1.29 is 4.74 Å². The minimum Gasteiger partial charge on any atom is -0.363 e. The number of ether oxygens (including phenoxy) is 1.